The summed E-state index contributed by atoms with van der Waals surface area (Å²) in [6.07, 6.45) is 5.02. The van der Waals surface area contributed by atoms with Crippen LogP contribution in [0.2, 0.25) is 5.02 Å². The van der Waals surface area contributed by atoms with Gasteiger partial charge in [-0.2, -0.15) is 5.10 Å². The van der Waals surface area contributed by atoms with E-state index in [1.807, 2.05) is 13.0 Å². The average molecular weight is 425 g/mol. The van der Waals surface area contributed by atoms with E-state index in [9.17, 15) is 9.59 Å². The molecule has 30 heavy (non-hydrogen) atoms. The maximum atomic E-state index is 12.6. The van der Waals surface area contributed by atoms with Crippen LogP contribution in [0.1, 0.15) is 28.8 Å². The highest BCUT2D eigenvalue weighted by Crippen LogP contribution is 2.24. The van der Waals surface area contributed by atoms with Crippen LogP contribution in [0.3, 0.4) is 0 Å². The number of hydrogen-bond acceptors (Lipinski definition) is 5. The van der Waals surface area contributed by atoms with E-state index >= 15 is 0 Å². The molecule has 9 heteroatoms. The Morgan fingerprint density at radius 3 is 2.73 bits per heavy atom. The fourth-order valence-corrected chi connectivity index (χ4v) is 3.13. The van der Waals surface area contributed by atoms with Crippen molar-refractivity contribution in [1.29, 1.82) is 0 Å². The minimum Gasteiger partial charge on any atom is -0.376 e. The molecule has 0 aliphatic heterocycles. The summed E-state index contributed by atoms with van der Waals surface area (Å²) >= 11 is 6.09. The third kappa shape index (κ3) is 4.77. The molecule has 2 amide bonds. The Balaban J connectivity index is 1.43. The van der Waals surface area contributed by atoms with Crippen LogP contribution >= 0.6 is 11.6 Å². The van der Waals surface area contributed by atoms with E-state index in [4.69, 9.17) is 11.6 Å². The van der Waals surface area contributed by atoms with Crippen molar-refractivity contribution < 1.29 is 9.59 Å². The molecule has 0 bridgehead atoms. The van der Waals surface area contributed by atoms with Gasteiger partial charge in [0, 0.05) is 22.3 Å². The quantitative estimate of drug-likeness (QED) is 0.540. The fraction of sp³-hybridized carbons (Fsp3) is 0.238. The molecule has 1 aromatic heterocycles. The molecule has 8 nitrogen and oxygen atoms in total. The number of halogens is 1. The predicted octanol–water partition coefficient (Wildman–Crippen LogP) is 3.17. The molecular weight excluding hydrogens is 404 g/mol. The number of aromatic nitrogens is 3. The van der Waals surface area contributed by atoms with Gasteiger partial charge in [0.2, 0.25) is 5.91 Å². The van der Waals surface area contributed by atoms with Crippen molar-refractivity contribution in [3.05, 3.63) is 65.2 Å². The summed E-state index contributed by atoms with van der Waals surface area (Å²) in [5.41, 5.74) is 3.42. The van der Waals surface area contributed by atoms with E-state index < -0.39 is 0 Å². The number of rotatable bonds is 7. The predicted molar refractivity (Wildman–Crippen MR) is 115 cm³/mol. The first kappa shape index (κ1) is 19.9. The number of nitrogens with one attached hydrogen (secondary N) is 3. The Labute approximate surface area is 178 Å². The largest absolute Gasteiger partial charge is 0.376 e. The van der Waals surface area contributed by atoms with Gasteiger partial charge in [0.25, 0.3) is 5.91 Å². The van der Waals surface area contributed by atoms with Crippen LogP contribution in [0.15, 0.2) is 49.1 Å². The summed E-state index contributed by atoms with van der Waals surface area (Å²) in [5.74, 6) is -0.354. The normalized spacial score (nSPS) is 13.0. The number of aryl methyl sites for hydroxylation is 1. The van der Waals surface area contributed by atoms with Crippen molar-refractivity contribution in [2.45, 2.75) is 25.8 Å². The molecule has 0 radical (unpaired) electrons. The van der Waals surface area contributed by atoms with Gasteiger partial charge < -0.3 is 16.0 Å². The summed E-state index contributed by atoms with van der Waals surface area (Å²) in [4.78, 5) is 28.8. The Morgan fingerprint density at radius 1 is 1.17 bits per heavy atom. The van der Waals surface area contributed by atoms with Gasteiger partial charge in [0.1, 0.15) is 12.7 Å². The van der Waals surface area contributed by atoms with E-state index in [0.717, 1.165) is 24.1 Å². The maximum absolute atomic E-state index is 12.6. The molecule has 0 unspecified atom stereocenters. The van der Waals surface area contributed by atoms with Crippen LogP contribution in [-0.2, 0) is 4.79 Å². The molecule has 0 spiro atoms. The average Bonchev–Trinajstić information content (AvgIpc) is 3.36. The van der Waals surface area contributed by atoms with Crippen molar-refractivity contribution in [1.82, 2.24) is 20.1 Å². The first-order chi connectivity index (χ1) is 14.5. The third-order valence-electron chi connectivity index (χ3n) is 4.75. The molecule has 1 saturated carbocycles. The lowest BCUT2D eigenvalue weighted by Gasteiger charge is -2.14. The van der Waals surface area contributed by atoms with Crippen molar-refractivity contribution >= 4 is 34.8 Å². The number of benzene rings is 2. The molecule has 4 rings (SSSR count). The van der Waals surface area contributed by atoms with E-state index in [2.05, 4.69) is 26.0 Å². The minimum absolute atomic E-state index is 0.0256. The monoisotopic (exact) mass is 424 g/mol. The van der Waals surface area contributed by atoms with Crippen LogP contribution in [-0.4, -0.2) is 39.2 Å². The molecule has 2 aromatic carbocycles. The van der Waals surface area contributed by atoms with Gasteiger partial charge in [-0.25, -0.2) is 9.67 Å². The lowest BCUT2D eigenvalue weighted by atomic mass is 10.1. The van der Waals surface area contributed by atoms with Crippen LogP contribution in [0.4, 0.5) is 11.4 Å². The molecule has 154 valence electrons. The molecule has 1 heterocycles. The summed E-state index contributed by atoms with van der Waals surface area (Å²) in [5, 5.41) is 13.5. The molecule has 0 atom stereocenters. The second-order valence-corrected chi connectivity index (χ2v) is 7.62. The van der Waals surface area contributed by atoms with Crippen molar-refractivity contribution in [2.75, 3.05) is 17.2 Å². The second kappa shape index (κ2) is 8.54. The second-order valence-electron chi connectivity index (χ2n) is 7.18. The maximum Gasteiger partial charge on any atom is 0.251 e. The molecule has 0 saturated heterocycles. The Bertz CT molecular complexity index is 1080. The fourth-order valence-electron chi connectivity index (χ4n) is 2.96. The Morgan fingerprint density at radius 2 is 2.00 bits per heavy atom. The van der Waals surface area contributed by atoms with E-state index in [-0.39, 0.29) is 24.4 Å². The van der Waals surface area contributed by atoms with Crippen LogP contribution < -0.4 is 16.0 Å². The summed E-state index contributed by atoms with van der Waals surface area (Å²) in [6.45, 7) is 1.94. The summed E-state index contributed by atoms with van der Waals surface area (Å²) in [7, 11) is 0. The first-order valence-corrected chi connectivity index (χ1v) is 9.97. The van der Waals surface area contributed by atoms with Crippen molar-refractivity contribution in [2.24, 2.45) is 0 Å². The molecule has 3 aromatic rings. The van der Waals surface area contributed by atoms with Crippen molar-refractivity contribution in [3.63, 3.8) is 0 Å². The lowest BCUT2D eigenvalue weighted by molar-refractivity contribution is -0.114. The van der Waals surface area contributed by atoms with Crippen LogP contribution in [0.25, 0.3) is 5.69 Å². The number of carbonyl (C=O) groups is 2. The van der Waals surface area contributed by atoms with Gasteiger partial charge in [0.15, 0.2) is 0 Å². The van der Waals surface area contributed by atoms with E-state index in [1.54, 1.807) is 41.3 Å². The molecular formula is C21H21ClN6O2. The standard InChI is InChI=1S/C21H21ClN6O2/c1-13-2-3-14(21(30)26-16-5-6-16)8-17(13)24-10-20(29)27-18-9-15(22)4-7-19(18)28-12-23-11-25-28/h2-4,7-9,11-12,16,24H,5-6,10H2,1H3,(H,26,30)(H,27,29). The minimum atomic E-state index is -0.258. The molecule has 1 aliphatic rings. The molecule has 1 aliphatic carbocycles. The van der Waals surface area contributed by atoms with Gasteiger partial charge in [-0.1, -0.05) is 17.7 Å². The third-order valence-corrected chi connectivity index (χ3v) is 4.99. The number of nitrogens with zero attached hydrogens (tertiary/aromatic N) is 3. The molecule has 1 fully saturated rings. The SMILES string of the molecule is Cc1ccc(C(=O)NC2CC2)cc1NCC(=O)Nc1cc(Cl)ccc1-n1cncn1. The smallest absolute Gasteiger partial charge is 0.251 e. The zero-order chi connectivity index (χ0) is 21.1. The van der Waals surface area contributed by atoms with Gasteiger partial charge in [0.05, 0.1) is 17.9 Å². The number of amides is 2. The molecule has 3 N–H and O–H groups in total. The topological polar surface area (TPSA) is 101 Å². The lowest BCUT2D eigenvalue weighted by Crippen LogP contribution is -2.26. The summed E-state index contributed by atoms with van der Waals surface area (Å²) in [6, 6.07) is 10.8. The highest BCUT2D eigenvalue weighted by atomic mass is 35.5. The van der Waals surface area contributed by atoms with Gasteiger partial charge >= 0.3 is 0 Å². The first-order valence-electron chi connectivity index (χ1n) is 9.59. The van der Waals surface area contributed by atoms with E-state index in [0.29, 0.717) is 22.0 Å². The van der Waals surface area contributed by atoms with Crippen LogP contribution in [0, 0.1) is 6.92 Å². The van der Waals surface area contributed by atoms with Gasteiger partial charge in [-0.3, -0.25) is 9.59 Å². The van der Waals surface area contributed by atoms with E-state index in [1.165, 1.54) is 6.33 Å². The van der Waals surface area contributed by atoms with Crippen LogP contribution in [0.5, 0.6) is 0 Å². The number of anilines is 2. The number of hydrogen-bond donors (Lipinski definition) is 3. The van der Waals surface area contributed by atoms with Gasteiger partial charge in [-0.15, -0.1) is 0 Å². The zero-order valence-corrected chi connectivity index (χ0v) is 17.1. The highest BCUT2D eigenvalue weighted by Gasteiger charge is 2.24. The Hall–Kier alpha value is -3.39. The van der Waals surface area contributed by atoms with Gasteiger partial charge in [-0.05, 0) is 55.7 Å². The number of carbonyl (C=O) groups excluding carboxylic acids is 2. The summed E-state index contributed by atoms with van der Waals surface area (Å²) < 4.78 is 1.55. The van der Waals surface area contributed by atoms with Crippen molar-refractivity contribution in [3.8, 4) is 5.69 Å². The Kier molecular flexibility index (Phi) is 5.67. The zero-order valence-electron chi connectivity index (χ0n) is 16.4. The highest BCUT2D eigenvalue weighted by molar-refractivity contribution is 6.31.